The summed E-state index contributed by atoms with van der Waals surface area (Å²) in [6.45, 7) is -0.0868. The predicted molar refractivity (Wildman–Crippen MR) is 149 cm³/mol. The van der Waals surface area contributed by atoms with Crippen molar-refractivity contribution in [2.24, 2.45) is 0 Å². The third kappa shape index (κ3) is 5.13. The number of carbonyl (C=O) groups excluding carboxylic acids is 1. The second-order valence-corrected chi connectivity index (χ2v) is 11.8. The Bertz CT molecular complexity index is 1640. The number of rotatable bonds is 10. The number of aliphatic carboxylic acids is 1. The van der Waals surface area contributed by atoms with E-state index < -0.39 is 33.4 Å². The van der Waals surface area contributed by atoms with Gasteiger partial charge in [-0.05, 0) is 47.4 Å². The van der Waals surface area contributed by atoms with Crippen LogP contribution in [-0.4, -0.2) is 58.5 Å². The Morgan fingerprint density at radius 1 is 1.05 bits per heavy atom. The molecule has 0 spiro atoms. The number of carboxylic acid groups (broad SMARTS) is 1. The van der Waals surface area contributed by atoms with Gasteiger partial charge in [0.15, 0.2) is 5.69 Å². The van der Waals surface area contributed by atoms with E-state index in [9.17, 15) is 23.1 Å². The van der Waals surface area contributed by atoms with Crippen molar-refractivity contribution in [3.05, 3.63) is 108 Å². The van der Waals surface area contributed by atoms with Gasteiger partial charge in [0.2, 0.25) is 10.0 Å². The van der Waals surface area contributed by atoms with Gasteiger partial charge in [0.05, 0.1) is 18.3 Å². The van der Waals surface area contributed by atoms with Gasteiger partial charge in [0, 0.05) is 30.2 Å². The van der Waals surface area contributed by atoms with Crippen molar-refractivity contribution in [1.29, 1.82) is 0 Å². The normalized spacial score (nSPS) is 18.4. The number of carbonyl (C=O) groups is 2. The maximum atomic E-state index is 14.1. The first-order valence-electron chi connectivity index (χ1n) is 12.4. The van der Waals surface area contributed by atoms with Crippen LogP contribution in [0.1, 0.15) is 28.4 Å². The third-order valence-corrected chi connectivity index (χ3v) is 9.37. The number of benzene rings is 3. The van der Waals surface area contributed by atoms with Crippen LogP contribution < -0.4 is 0 Å². The lowest BCUT2D eigenvalue weighted by molar-refractivity contribution is -0.143. The maximum absolute atomic E-state index is 14.1. The van der Waals surface area contributed by atoms with Crippen LogP contribution in [0, 0.1) is 0 Å². The number of hydrogen-bond acceptors (Lipinski definition) is 6. The monoisotopic (exact) mass is 579 g/mol. The molecule has 9 nitrogen and oxygen atoms in total. The van der Waals surface area contributed by atoms with E-state index in [1.807, 2.05) is 18.2 Å². The summed E-state index contributed by atoms with van der Waals surface area (Å²) in [5.74, 6) is -2.37. The van der Waals surface area contributed by atoms with Crippen molar-refractivity contribution >= 4 is 33.6 Å². The molecule has 40 heavy (non-hydrogen) atoms. The Balaban J connectivity index is 1.50. The molecule has 1 aliphatic carbocycles. The molecule has 1 N–H and O–H groups in total. The second-order valence-electron chi connectivity index (χ2n) is 9.49. The Labute approximate surface area is 236 Å². The Hall–Kier alpha value is -3.99. The fraction of sp³-hybridized carbons (Fsp3) is 0.207. The van der Waals surface area contributed by atoms with Crippen molar-refractivity contribution in [3.63, 3.8) is 0 Å². The van der Waals surface area contributed by atoms with Crippen LogP contribution in [0.4, 0.5) is 0 Å². The third-order valence-electron chi connectivity index (χ3n) is 7.16. The van der Waals surface area contributed by atoms with Crippen LogP contribution in [0.3, 0.4) is 0 Å². The molecule has 0 bridgehead atoms. The number of nitrogens with zero attached hydrogens (tertiary/aromatic N) is 3. The molecule has 0 aliphatic heterocycles. The van der Waals surface area contributed by atoms with E-state index in [1.165, 1.54) is 36.3 Å². The summed E-state index contributed by atoms with van der Waals surface area (Å²) >= 11 is 5.99. The van der Waals surface area contributed by atoms with E-state index in [0.717, 1.165) is 21.0 Å². The molecule has 0 radical (unpaired) electrons. The molecule has 0 amide bonds. The minimum Gasteiger partial charge on any atom is -0.480 e. The van der Waals surface area contributed by atoms with Crippen LogP contribution >= 0.6 is 11.6 Å². The standard InChI is InChI=1S/C29H26ClN3O6S/c1-39-27(34)26-18-32(19-31-26)15-16-33(29(28(35)36)17-25(29)22-5-3-2-4-6-22)40(37,38)24-13-9-21(10-14-24)20-7-11-23(30)12-8-20/h2-14,18-19,25H,15-17H2,1H3,(H,35,36)/t25-,29+/m1/s1. The van der Waals surface area contributed by atoms with Crippen LogP contribution in [0.5, 0.6) is 0 Å². The molecule has 11 heteroatoms. The van der Waals surface area contributed by atoms with E-state index in [4.69, 9.17) is 11.6 Å². The summed E-state index contributed by atoms with van der Waals surface area (Å²) in [5, 5.41) is 11.0. The Kier molecular flexibility index (Phi) is 7.50. The first kappa shape index (κ1) is 27.6. The number of ether oxygens (including phenoxy) is 1. The van der Waals surface area contributed by atoms with Crippen LogP contribution in [0.25, 0.3) is 11.1 Å². The van der Waals surface area contributed by atoms with E-state index in [0.29, 0.717) is 5.02 Å². The molecule has 206 valence electrons. The van der Waals surface area contributed by atoms with Crippen LogP contribution in [-0.2, 0) is 26.1 Å². The van der Waals surface area contributed by atoms with Crippen LogP contribution in [0.15, 0.2) is 96.3 Å². The van der Waals surface area contributed by atoms with Crippen molar-refractivity contribution in [2.45, 2.75) is 29.3 Å². The lowest BCUT2D eigenvalue weighted by Gasteiger charge is -2.29. The number of carboxylic acids is 1. The summed E-state index contributed by atoms with van der Waals surface area (Å²) in [5.41, 5.74) is 0.799. The van der Waals surface area contributed by atoms with Gasteiger partial charge in [-0.3, -0.25) is 4.79 Å². The molecular formula is C29H26ClN3O6S. The van der Waals surface area contributed by atoms with E-state index in [1.54, 1.807) is 48.5 Å². The maximum Gasteiger partial charge on any atom is 0.358 e. The molecule has 0 saturated heterocycles. The molecule has 5 rings (SSSR count). The van der Waals surface area contributed by atoms with E-state index in [2.05, 4.69) is 9.72 Å². The largest absolute Gasteiger partial charge is 0.480 e. The molecule has 1 aromatic heterocycles. The molecular weight excluding hydrogens is 554 g/mol. The Morgan fingerprint density at radius 2 is 1.68 bits per heavy atom. The van der Waals surface area contributed by atoms with Gasteiger partial charge in [0.1, 0.15) is 5.54 Å². The molecule has 1 fully saturated rings. The first-order chi connectivity index (χ1) is 19.2. The number of esters is 1. The lowest BCUT2D eigenvalue weighted by Crippen LogP contribution is -2.49. The number of aromatic nitrogens is 2. The molecule has 2 atom stereocenters. The fourth-order valence-electron chi connectivity index (χ4n) is 4.97. The average Bonchev–Trinajstić information content (AvgIpc) is 3.54. The van der Waals surface area contributed by atoms with E-state index in [-0.39, 0.29) is 30.1 Å². The van der Waals surface area contributed by atoms with Gasteiger partial charge in [-0.15, -0.1) is 0 Å². The fourth-order valence-corrected chi connectivity index (χ4v) is 6.86. The average molecular weight is 580 g/mol. The minimum absolute atomic E-state index is 0.0227. The summed E-state index contributed by atoms with van der Waals surface area (Å²) in [6, 6.07) is 22.5. The quantitative estimate of drug-likeness (QED) is 0.271. The summed E-state index contributed by atoms with van der Waals surface area (Å²) < 4.78 is 35.5. The SMILES string of the molecule is COC(=O)c1cn(CCN([C@@]2(C(=O)O)C[C@@H]2c2ccccc2)S(=O)(=O)c2ccc(-c3ccc(Cl)cc3)cc2)cn1. The molecule has 0 unspecified atom stereocenters. The van der Waals surface area contributed by atoms with E-state index >= 15 is 0 Å². The zero-order valence-corrected chi connectivity index (χ0v) is 23.0. The Morgan fingerprint density at radius 3 is 2.27 bits per heavy atom. The minimum atomic E-state index is -4.27. The molecule has 4 aromatic rings. The smallest absolute Gasteiger partial charge is 0.358 e. The van der Waals surface area contributed by atoms with Gasteiger partial charge in [-0.25, -0.2) is 18.2 Å². The summed E-state index contributed by atoms with van der Waals surface area (Å²) in [6.07, 6.45) is 2.95. The van der Waals surface area contributed by atoms with Gasteiger partial charge in [-0.1, -0.05) is 66.2 Å². The van der Waals surface area contributed by atoms with Gasteiger partial charge < -0.3 is 14.4 Å². The van der Waals surface area contributed by atoms with Gasteiger partial charge in [0.25, 0.3) is 0 Å². The molecule has 1 aliphatic rings. The zero-order valence-electron chi connectivity index (χ0n) is 21.5. The highest BCUT2D eigenvalue weighted by Crippen LogP contribution is 2.57. The van der Waals surface area contributed by atoms with Crippen molar-refractivity contribution in [2.75, 3.05) is 13.7 Å². The summed E-state index contributed by atoms with van der Waals surface area (Å²) in [4.78, 5) is 28.6. The highest BCUT2D eigenvalue weighted by atomic mass is 35.5. The second kappa shape index (κ2) is 10.9. The highest BCUT2D eigenvalue weighted by Gasteiger charge is 2.67. The molecule has 1 saturated carbocycles. The van der Waals surface area contributed by atoms with Gasteiger partial charge in [-0.2, -0.15) is 4.31 Å². The van der Waals surface area contributed by atoms with Gasteiger partial charge >= 0.3 is 11.9 Å². The number of sulfonamides is 1. The first-order valence-corrected chi connectivity index (χ1v) is 14.3. The molecule has 1 heterocycles. The lowest BCUT2D eigenvalue weighted by atomic mass is 10.1. The predicted octanol–water partition coefficient (Wildman–Crippen LogP) is 4.69. The van der Waals surface area contributed by atoms with Crippen molar-refractivity contribution < 1.29 is 27.9 Å². The van der Waals surface area contributed by atoms with Crippen LogP contribution in [0.2, 0.25) is 5.02 Å². The molecule has 3 aromatic carbocycles. The zero-order chi connectivity index (χ0) is 28.5. The summed E-state index contributed by atoms with van der Waals surface area (Å²) in [7, 11) is -3.03. The topological polar surface area (TPSA) is 119 Å². The van der Waals surface area contributed by atoms with Crippen molar-refractivity contribution in [1.82, 2.24) is 13.9 Å². The number of imidazole rings is 1. The number of methoxy groups -OCH3 is 1. The van der Waals surface area contributed by atoms with Crippen molar-refractivity contribution in [3.8, 4) is 11.1 Å². The number of halogens is 1. The number of hydrogen-bond donors (Lipinski definition) is 1. The highest BCUT2D eigenvalue weighted by molar-refractivity contribution is 7.89.